The molecular formula is C19H26N2O3. The van der Waals surface area contributed by atoms with E-state index in [2.05, 4.69) is 4.98 Å². The second-order valence-electron chi connectivity index (χ2n) is 7.54. The number of piperidine rings is 1. The van der Waals surface area contributed by atoms with Crippen LogP contribution in [0.5, 0.6) is 0 Å². The number of ether oxygens (including phenoxy) is 2. The number of carbonyl (C=O) groups is 1. The van der Waals surface area contributed by atoms with Gasteiger partial charge in [0.15, 0.2) is 0 Å². The molecule has 2 aliphatic heterocycles. The molecule has 3 fully saturated rings. The zero-order valence-corrected chi connectivity index (χ0v) is 14.2. The molecule has 5 heteroatoms. The van der Waals surface area contributed by atoms with Gasteiger partial charge in [0, 0.05) is 44.1 Å². The summed E-state index contributed by atoms with van der Waals surface area (Å²) in [6, 6.07) is 3.66. The van der Waals surface area contributed by atoms with Gasteiger partial charge in [0.25, 0.3) is 5.91 Å². The number of carbonyl (C=O) groups excluding carboxylic acids is 1. The predicted molar refractivity (Wildman–Crippen MR) is 89.7 cm³/mol. The van der Waals surface area contributed by atoms with E-state index in [0.717, 1.165) is 51.5 Å². The molecule has 3 heterocycles. The third kappa shape index (κ3) is 3.33. The minimum absolute atomic E-state index is 0.0384. The summed E-state index contributed by atoms with van der Waals surface area (Å²) in [5, 5.41) is 0. The van der Waals surface area contributed by atoms with Gasteiger partial charge in [-0.15, -0.1) is 0 Å². The Balaban J connectivity index is 1.46. The van der Waals surface area contributed by atoms with Crippen molar-refractivity contribution in [3.05, 3.63) is 30.1 Å². The van der Waals surface area contributed by atoms with Crippen LogP contribution in [0.1, 0.15) is 42.5 Å². The number of likely N-dealkylation sites (tertiary alicyclic amines) is 1. The number of aromatic nitrogens is 1. The van der Waals surface area contributed by atoms with Crippen molar-refractivity contribution in [2.24, 2.45) is 11.3 Å². The van der Waals surface area contributed by atoms with E-state index in [0.29, 0.717) is 12.2 Å². The molecule has 2 unspecified atom stereocenters. The highest BCUT2D eigenvalue weighted by molar-refractivity contribution is 5.94. The number of amides is 1. The molecule has 1 amide bonds. The number of pyridine rings is 1. The van der Waals surface area contributed by atoms with Crippen LogP contribution in [0.25, 0.3) is 0 Å². The Morgan fingerprint density at radius 2 is 2.33 bits per heavy atom. The molecule has 0 bridgehead atoms. The Morgan fingerprint density at radius 1 is 1.42 bits per heavy atom. The molecule has 0 radical (unpaired) electrons. The zero-order valence-electron chi connectivity index (χ0n) is 14.2. The first-order valence-electron chi connectivity index (χ1n) is 9.15. The zero-order chi connectivity index (χ0) is 16.4. The van der Waals surface area contributed by atoms with E-state index in [9.17, 15) is 4.79 Å². The van der Waals surface area contributed by atoms with Crippen LogP contribution in [-0.4, -0.2) is 54.8 Å². The standard InChI is InChI=1S/C19H26N2O3/c22-18(16-3-1-8-20-11-16)21-9-6-17-19(13-21,7-2-10-24-17)14-23-12-15-4-5-15/h1,3,8,11,15,17H,2,4-7,9-10,12-14H2. The molecular weight excluding hydrogens is 304 g/mol. The highest BCUT2D eigenvalue weighted by Crippen LogP contribution is 2.41. The average Bonchev–Trinajstić information content (AvgIpc) is 3.45. The number of nitrogens with zero attached hydrogens (tertiary/aromatic N) is 2. The number of rotatable bonds is 5. The lowest BCUT2D eigenvalue weighted by atomic mass is 9.73. The van der Waals surface area contributed by atoms with Crippen LogP contribution in [0.4, 0.5) is 0 Å². The fourth-order valence-corrected chi connectivity index (χ4v) is 4.06. The first-order chi connectivity index (χ1) is 11.8. The van der Waals surface area contributed by atoms with Crippen LogP contribution < -0.4 is 0 Å². The van der Waals surface area contributed by atoms with E-state index in [4.69, 9.17) is 9.47 Å². The molecule has 130 valence electrons. The molecule has 0 N–H and O–H groups in total. The summed E-state index contributed by atoms with van der Waals surface area (Å²) in [5.74, 6) is 0.842. The van der Waals surface area contributed by atoms with Crippen LogP contribution in [0.3, 0.4) is 0 Å². The summed E-state index contributed by atoms with van der Waals surface area (Å²) in [7, 11) is 0. The largest absolute Gasteiger partial charge is 0.380 e. The van der Waals surface area contributed by atoms with Crippen molar-refractivity contribution in [2.75, 3.05) is 32.9 Å². The quantitative estimate of drug-likeness (QED) is 0.832. The maximum atomic E-state index is 12.8. The average molecular weight is 330 g/mol. The smallest absolute Gasteiger partial charge is 0.255 e. The lowest BCUT2D eigenvalue weighted by Gasteiger charge is -2.50. The first kappa shape index (κ1) is 16.0. The van der Waals surface area contributed by atoms with Crippen LogP contribution in [0.2, 0.25) is 0 Å². The van der Waals surface area contributed by atoms with Gasteiger partial charge in [0.2, 0.25) is 0 Å². The molecule has 1 aliphatic carbocycles. The van der Waals surface area contributed by atoms with Gasteiger partial charge in [-0.25, -0.2) is 0 Å². The Morgan fingerprint density at radius 3 is 3.12 bits per heavy atom. The predicted octanol–water partition coefficient (Wildman–Crippen LogP) is 2.52. The topological polar surface area (TPSA) is 51.7 Å². The highest BCUT2D eigenvalue weighted by atomic mass is 16.5. The molecule has 0 spiro atoms. The van der Waals surface area contributed by atoms with Gasteiger partial charge in [0.1, 0.15) is 0 Å². The van der Waals surface area contributed by atoms with Crippen LogP contribution in [0, 0.1) is 11.3 Å². The summed E-state index contributed by atoms with van der Waals surface area (Å²) in [6.45, 7) is 3.90. The Kier molecular flexibility index (Phi) is 4.55. The summed E-state index contributed by atoms with van der Waals surface area (Å²) in [4.78, 5) is 18.9. The number of hydrogen-bond donors (Lipinski definition) is 0. The van der Waals surface area contributed by atoms with Gasteiger partial charge in [-0.2, -0.15) is 0 Å². The fraction of sp³-hybridized carbons (Fsp3) is 0.684. The third-order valence-electron chi connectivity index (χ3n) is 5.62. The van der Waals surface area contributed by atoms with Gasteiger partial charge in [0.05, 0.1) is 18.3 Å². The minimum Gasteiger partial charge on any atom is -0.380 e. The van der Waals surface area contributed by atoms with Gasteiger partial charge in [-0.1, -0.05) is 0 Å². The summed E-state index contributed by atoms with van der Waals surface area (Å²) < 4.78 is 12.1. The lowest BCUT2D eigenvalue weighted by Crippen LogP contribution is -2.58. The monoisotopic (exact) mass is 330 g/mol. The molecule has 4 rings (SSSR count). The van der Waals surface area contributed by atoms with Gasteiger partial charge < -0.3 is 14.4 Å². The molecule has 2 atom stereocenters. The van der Waals surface area contributed by atoms with E-state index in [1.165, 1.54) is 12.8 Å². The Hall–Kier alpha value is -1.46. The van der Waals surface area contributed by atoms with Gasteiger partial charge in [-0.3, -0.25) is 9.78 Å². The maximum Gasteiger partial charge on any atom is 0.255 e. The maximum absolute atomic E-state index is 12.8. The fourth-order valence-electron chi connectivity index (χ4n) is 4.06. The van der Waals surface area contributed by atoms with Crippen molar-refractivity contribution >= 4 is 5.91 Å². The third-order valence-corrected chi connectivity index (χ3v) is 5.62. The van der Waals surface area contributed by atoms with E-state index in [-0.39, 0.29) is 17.4 Å². The summed E-state index contributed by atoms with van der Waals surface area (Å²) in [5.41, 5.74) is 0.630. The van der Waals surface area contributed by atoms with E-state index in [1.54, 1.807) is 12.4 Å². The minimum atomic E-state index is -0.0384. The molecule has 24 heavy (non-hydrogen) atoms. The number of hydrogen-bond acceptors (Lipinski definition) is 4. The molecule has 2 saturated heterocycles. The Bertz CT molecular complexity index is 575. The number of fused-ring (bicyclic) bond motifs is 1. The van der Waals surface area contributed by atoms with Crippen molar-refractivity contribution in [1.82, 2.24) is 9.88 Å². The lowest BCUT2D eigenvalue weighted by molar-refractivity contribution is -0.147. The van der Waals surface area contributed by atoms with Gasteiger partial charge >= 0.3 is 0 Å². The molecule has 0 aromatic carbocycles. The summed E-state index contributed by atoms with van der Waals surface area (Å²) in [6.07, 6.45) is 9.23. The van der Waals surface area contributed by atoms with Crippen molar-refractivity contribution < 1.29 is 14.3 Å². The van der Waals surface area contributed by atoms with E-state index in [1.807, 2.05) is 17.0 Å². The summed E-state index contributed by atoms with van der Waals surface area (Å²) >= 11 is 0. The van der Waals surface area contributed by atoms with Crippen molar-refractivity contribution in [2.45, 2.75) is 38.2 Å². The molecule has 1 aromatic rings. The van der Waals surface area contributed by atoms with Crippen molar-refractivity contribution in [3.63, 3.8) is 0 Å². The van der Waals surface area contributed by atoms with Crippen molar-refractivity contribution in [1.29, 1.82) is 0 Å². The van der Waals surface area contributed by atoms with Crippen LogP contribution >= 0.6 is 0 Å². The highest BCUT2D eigenvalue weighted by Gasteiger charge is 2.47. The molecule has 5 nitrogen and oxygen atoms in total. The van der Waals surface area contributed by atoms with Crippen LogP contribution in [-0.2, 0) is 9.47 Å². The second kappa shape index (κ2) is 6.81. The molecule has 1 aromatic heterocycles. The molecule has 3 aliphatic rings. The Labute approximate surface area is 143 Å². The van der Waals surface area contributed by atoms with Crippen molar-refractivity contribution in [3.8, 4) is 0 Å². The SMILES string of the molecule is O=C(c1cccnc1)N1CCC2OCCCC2(COCC2CC2)C1. The van der Waals surface area contributed by atoms with Gasteiger partial charge in [-0.05, 0) is 50.2 Å². The second-order valence-corrected chi connectivity index (χ2v) is 7.54. The van der Waals surface area contributed by atoms with E-state index >= 15 is 0 Å². The van der Waals surface area contributed by atoms with E-state index < -0.39 is 0 Å². The van der Waals surface area contributed by atoms with Crippen LogP contribution in [0.15, 0.2) is 24.5 Å². The molecule has 1 saturated carbocycles. The first-order valence-corrected chi connectivity index (χ1v) is 9.15. The normalized spacial score (nSPS) is 30.0.